The predicted octanol–water partition coefficient (Wildman–Crippen LogP) is 5.83. The average Bonchev–Trinajstić information content (AvgIpc) is 3.57. The Morgan fingerprint density at radius 1 is 1.10 bits per heavy atom. The van der Waals surface area contributed by atoms with E-state index in [1.54, 1.807) is 0 Å². The second-order valence-corrected chi connectivity index (χ2v) is 8.99. The summed E-state index contributed by atoms with van der Waals surface area (Å²) in [6.07, 6.45) is 4.36. The van der Waals surface area contributed by atoms with Crippen molar-refractivity contribution in [3.05, 3.63) is 60.3 Å². The number of rotatable bonds is 5. The van der Waals surface area contributed by atoms with Gasteiger partial charge in [0.1, 0.15) is 17.1 Å². The van der Waals surface area contributed by atoms with Crippen LogP contribution in [0, 0.1) is 5.92 Å². The summed E-state index contributed by atoms with van der Waals surface area (Å²) in [4.78, 5) is 16.9. The van der Waals surface area contributed by atoms with E-state index in [2.05, 4.69) is 47.0 Å². The van der Waals surface area contributed by atoms with Crippen molar-refractivity contribution in [1.82, 2.24) is 9.55 Å². The van der Waals surface area contributed by atoms with E-state index in [-0.39, 0.29) is 30.7 Å². The molecular formula is C25H25LiN2O2S. The van der Waals surface area contributed by atoms with Crippen molar-refractivity contribution in [2.24, 2.45) is 13.0 Å². The molecule has 0 unspecified atom stereocenters. The van der Waals surface area contributed by atoms with E-state index in [1.165, 1.54) is 29.2 Å². The number of benzene rings is 2. The van der Waals surface area contributed by atoms with Crippen LogP contribution >= 0.6 is 12.0 Å². The quantitative estimate of drug-likeness (QED) is 0.299. The summed E-state index contributed by atoms with van der Waals surface area (Å²) in [5, 5.41) is 3.42. The molecule has 0 aliphatic heterocycles. The molecule has 4 aromatic rings. The van der Waals surface area contributed by atoms with Crippen molar-refractivity contribution in [3.63, 3.8) is 0 Å². The molecule has 1 fully saturated rings. The zero-order valence-electron chi connectivity index (χ0n) is 17.4. The van der Waals surface area contributed by atoms with Gasteiger partial charge in [-0.25, -0.2) is 0 Å². The Morgan fingerprint density at radius 2 is 1.84 bits per heavy atom. The average molecular weight is 424 g/mol. The van der Waals surface area contributed by atoms with E-state index >= 15 is 0 Å². The molecule has 4 nitrogen and oxygen atoms in total. The fourth-order valence-electron chi connectivity index (χ4n) is 4.05. The van der Waals surface area contributed by atoms with Gasteiger partial charge in [-0.15, -0.1) is 0 Å². The summed E-state index contributed by atoms with van der Waals surface area (Å²) in [6, 6.07) is 17.1. The van der Waals surface area contributed by atoms with Crippen molar-refractivity contribution >= 4 is 58.7 Å². The van der Waals surface area contributed by atoms with Crippen molar-refractivity contribution in [2.75, 3.05) is 0 Å². The fraction of sp³-hybridized carbons (Fsp3) is 0.280. The van der Waals surface area contributed by atoms with Gasteiger partial charge in [-0.3, -0.25) is 9.78 Å². The van der Waals surface area contributed by atoms with Gasteiger partial charge in [0, 0.05) is 18.8 Å². The number of aryl methyl sites for hydroxylation is 1. The van der Waals surface area contributed by atoms with Crippen LogP contribution in [0.15, 0.2) is 59.8 Å². The van der Waals surface area contributed by atoms with Gasteiger partial charge < -0.3 is 8.75 Å². The van der Waals surface area contributed by atoms with Gasteiger partial charge in [0.05, 0.1) is 17.0 Å². The van der Waals surface area contributed by atoms with Crippen LogP contribution in [0.1, 0.15) is 38.2 Å². The standard InChI is InChI=1S/C25H24N2O2S.Li.H/c1-15(2)25(28)29-30-24-22(23-21(27(24)3)9-6-14-26-23)20-13-12-17(16-10-11-16)18-7-4-5-8-19(18)20;;/h4-9,12-16H,10-11H2,1-3H3;;. The van der Waals surface area contributed by atoms with E-state index in [0.29, 0.717) is 5.92 Å². The molecule has 31 heavy (non-hydrogen) atoms. The molecule has 2 heterocycles. The third-order valence-corrected chi connectivity index (χ3v) is 6.70. The molecule has 6 heteroatoms. The summed E-state index contributed by atoms with van der Waals surface area (Å²) in [5.41, 5.74) is 5.52. The third kappa shape index (κ3) is 3.91. The molecule has 2 aromatic heterocycles. The fourth-order valence-corrected chi connectivity index (χ4v) is 4.90. The molecular weight excluding hydrogens is 399 g/mol. The Morgan fingerprint density at radius 3 is 2.55 bits per heavy atom. The molecule has 0 atom stereocenters. The van der Waals surface area contributed by atoms with Gasteiger partial charge in [-0.05, 0) is 52.8 Å². The molecule has 1 aliphatic rings. The monoisotopic (exact) mass is 424 g/mol. The molecule has 0 bridgehead atoms. The van der Waals surface area contributed by atoms with E-state index < -0.39 is 0 Å². The summed E-state index contributed by atoms with van der Waals surface area (Å²) in [7, 11) is 2.00. The van der Waals surface area contributed by atoms with Crippen LogP contribution in [0.2, 0.25) is 0 Å². The predicted molar refractivity (Wildman–Crippen MR) is 130 cm³/mol. The number of nitrogens with zero attached hydrogens (tertiary/aromatic N) is 2. The Labute approximate surface area is 198 Å². The zero-order chi connectivity index (χ0) is 20.8. The van der Waals surface area contributed by atoms with Gasteiger partial charge in [-0.2, -0.15) is 0 Å². The van der Waals surface area contributed by atoms with E-state index in [1.807, 2.05) is 33.2 Å². The first-order valence-corrected chi connectivity index (χ1v) is 11.1. The summed E-state index contributed by atoms with van der Waals surface area (Å²) in [6.45, 7) is 3.69. The molecule has 5 rings (SSSR count). The molecule has 1 aliphatic carbocycles. The van der Waals surface area contributed by atoms with Crippen LogP contribution in [0.4, 0.5) is 0 Å². The molecule has 0 amide bonds. The first kappa shape index (κ1) is 22.0. The van der Waals surface area contributed by atoms with Crippen LogP contribution in [-0.2, 0) is 16.0 Å². The molecule has 1 saturated carbocycles. The van der Waals surface area contributed by atoms with Crippen LogP contribution in [0.25, 0.3) is 32.9 Å². The van der Waals surface area contributed by atoms with Crippen LogP contribution < -0.4 is 0 Å². The minimum atomic E-state index is -0.224. The number of aromatic nitrogens is 2. The van der Waals surface area contributed by atoms with E-state index in [4.69, 9.17) is 9.17 Å². The van der Waals surface area contributed by atoms with Crippen LogP contribution in [0.5, 0.6) is 0 Å². The first-order chi connectivity index (χ1) is 14.6. The molecule has 0 N–H and O–H groups in total. The number of pyridine rings is 1. The number of hydrogen-bond donors (Lipinski definition) is 0. The SMILES string of the molecule is CC(C)C(=O)OSc1c(-c2ccc(C3CC3)c3ccccc23)c2ncccc2n1C.[LiH]. The summed E-state index contributed by atoms with van der Waals surface area (Å²) in [5.74, 6) is 0.279. The Balaban J connectivity index is 0.00000231. The first-order valence-electron chi connectivity index (χ1n) is 10.4. The molecule has 0 saturated heterocycles. The van der Waals surface area contributed by atoms with Crippen LogP contribution in [0.3, 0.4) is 0 Å². The Hall–Kier alpha value is -2.19. The second kappa shape index (κ2) is 8.74. The van der Waals surface area contributed by atoms with Gasteiger partial charge in [0.15, 0.2) is 0 Å². The topological polar surface area (TPSA) is 44.1 Å². The normalized spacial score (nSPS) is 13.5. The molecule has 2 aromatic carbocycles. The Bertz CT molecular complexity index is 1280. The van der Waals surface area contributed by atoms with Crippen molar-refractivity contribution in [2.45, 2.75) is 37.6 Å². The number of fused-ring (bicyclic) bond motifs is 2. The zero-order valence-corrected chi connectivity index (χ0v) is 18.2. The molecule has 0 radical (unpaired) electrons. The van der Waals surface area contributed by atoms with Crippen molar-refractivity contribution in [1.29, 1.82) is 0 Å². The number of hydrogen-bond acceptors (Lipinski definition) is 4. The Kier molecular flexibility index (Phi) is 6.21. The maximum atomic E-state index is 12.2. The molecule has 0 spiro atoms. The van der Waals surface area contributed by atoms with Crippen LogP contribution in [-0.4, -0.2) is 34.4 Å². The van der Waals surface area contributed by atoms with E-state index in [0.717, 1.165) is 39.2 Å². The van der Waals surface area contributed by atoms with E-state index in [9.17, 15) is 4.79 Å². The summed E-state index contributed by atoms with van der Waals surface area (Å²) < 4.78 is 7.64. The van der Waals surface area contributed by atoms with Gasteiger partial charge in [0.2, 0.25) is 0 Å². The second-order valence-electron chi connectivity index (χ2n) is 8.27. The summed E-state index contributed by atoms with van der Waals surface area (Å²) >= 11 is 1.14. The third-order valence-electron chi connectivity index (χ3n) is 5.82. The number of carbonyl (C=O) groups excluding carboxylic acids is 1. The number of carbonyl (C=O) groups is 1. The van der Waals surface area contributed by atoms with Crippen molar-refractivity contribution in [3.8, 4) is 11.1 Å². The van der Waals surface area contributed by atoms with Crippen molar-refractivity contribution < 1.29 is 8.98 Å². The molecule has 154 valence electrons. The van der Waals surface area contributed by atoms with Gasteiger partial charge in [0.25, 0.3) is 0 Å². The van der Waals surface area contributed by atoms with Gasteiger partial charge in [-0.1, -0.05) is 50.2 Å². The maximum absolute atomic E-state index is 12.2. The minimum absolute atomic E-state index is 0. The van der Waals surface area contributed by atoms with Gasteiger partial charge >= 0.3 is 24.8 Å².